The van der Waals surface area contributed by atoms with Gasteiger partial charge >= 0.3 is 6.09 Å². The van der Waals surface area contributed by atoms with Crippen molar-refractivity contribution in [3.8, 4) is 0 Å². The molecule has 0 aliphatic carbocycles. The Labute approximate surface area is 178 Å². The van der Waals surface area contributed by atoms with E-state index in [9.17, 15) is 4.79 Å². The van der Waals surface area contributed by atoms with Crippen molar-refractivity contribution in [1.82, 2.24) is 20.5 Å². The fraction of sp³-hybridized carbons (Fsp3) is 0.722. The van der Waals surface area contributed by atoms with Gasteiger partial charge in [-0.25, -0.2) is 14.8 Å². The number of aromatic nitrogens is 1. The summed E-state index contributed by atoms with van der Waals surface area (Å²) in [7, 11) is 0. The Morgan fingerprint density at radius 2 is 2.11 bits per heavy atom. The standard InChI is InChI=1S/C18H31N5O3.HI/c1-7-19-16(20-10-15-21-12(2)13(3)25-15)23-9-8-14(11-23)22-17(24)26-18(4,5)6;/h14H,7-11H2,1-6H3,(H,19,20)(H,22,24);1H. The van der Waals surface area contributed by atoms with Crippen molar-refractivity contribution in [2.75, 3.05) is 19.6 Å². The summed E-state index contributed by atoms with van der Waals surface area (Å²) >= 11 is 0. The molecule has 8 nitrogen and oxygen atoms in total. The molecule has 27 heavy (non-hydrogen) atoms. The first kappa shape index (κ1) is 23.5. The first-order valence-corrected chi connectivity index (χ1v) is 9.13. The van der Waals surface area contributed by atoms with E-state index in [0.717, 1.165) is 36.9 Å². The Bertz CT molecular complexity index is 634. The van der Waals surface area contributed by atoms with E-state index in [0.29, 0.717) is 19.0 Å². The van der Waals surface area contributed by atoms with E-state index in [1.165, 1.54) is 0 Å². The van der Waals surface area contributed by atoms with Gasteiger partial charge in [-0.2, -0.15) is 0 Å². The van der Waals surface area contributed by atoms with Crippen LogP contribution in [0.4, 0.5) is 4.79 Å². The molecule has 1 amide bonds. The van der Waals surface area contributed by atoms with Crippen LogP contribution in [0.15, 0.2) is 9.41 Å². The normalized spacial score (nSPS) is 17.5. The first-order valence-electron chi connectivity index (χ1n) is 9.13. The zero-order valence-corrected chi connectivity index (χ0v) is 19.4. The maximum Gasteiger partial charge on any atom is 0.407 e. The van der Waals surface area contributed by atoms with Gasteiger partial charge in [-0.3, -0.25) is 0 Å². The number of carbonyl (C=O) groups is 1. The molecule has 1 fully saturated rings. The monoisotopic (exact) mass is 493 g/mol. The Kier molecular flexibility index (Phi) is 8.83. The van der Waals surface area contributed by atoms with Crippen molar-refractivity contribution in [3.05, 3.63) is 17.3 Å². The van der Waals surface area contributed by atoms with Crippen LogP contribution in [0.3, 0.4) is 0 Å². The number of carbonyl (C=O) groups excluding carboxylic acids is 1. The second-order valence-corrected chi connectivity index (χ2v) is 7.50. The molecule has 1 aliphatic rings. The topological polar surface area (TPSA) is 92.0 Å². The Hall–Kier alpha value is -1.52. The number of aryl methyl sites for hydroxylation is 2. The van der Waals surface area contributed by atoms with Gasteiger partial charge < -0.3 is 24.7 Å². The molecule has 1 aromatic rings. The van der Waals surface area contributed by atoms with Crippen molar-refractivity contribution in [2.45, 2.75) is 66.2 Å². The molecule has 1 aromatic heterocycles. The van der Waals surface area contributed by atoms with Gasteiger partial charge in [0.25, 0.3) is 0 Å². The van der Waals surface area contributed by atoms with Crippen LogP contribution in [0.1, 0.15) is 51.5 Å². The highest BCUT2D eigenvalue weighted by atomic mass is 127. The van der Waals surface area contributed by atoms with E-state index in [-0.39, 0.29) is 36.1 Å². The number of likely N-dealkylation sites (tertiary alicyclic amines) is 1. The minimum Gasteiger partial charge on any atom is -0.444 e. The molecule has 2 rings (SSSR count). The molecule has 0 aromatic carbocycles. The first-order chi connectivity index (χ1) is 12.2. The third-order valence-electron chi connectivity index (χ3n) is 3.98. The number of alkyl carbamates (subject to hydrolysis) is 1. The number of ether oxygens (including phenoxy) is 1. The summed E-state index contributed by atoms with van der Waals surface area (Å²) in [5, 5.41) is 6.22. The number of amides is 1. The smallest absolute Gasteiger partial charge is 0.407 e. The van der Waals surface area contributed by atoms with Crippen molar-refractivity contribution in [1.29, 1.82) is 0 Å². The van der Waals surface area contributed by atoms with Gasteiger partial charge in [-0.1, -0.05) is 0 Å². The van der Waals surface area contributed by atoms with Crippen LogP contribution < -0.4 is 10.6 Å². The molecule has 154 valence electrons. The van der Waals surface area contributed by atoms with Crippen LogP contribution in [-0.4, -0.2) is 53.2 Å². The molecule has 2 N–H and O–H groups in total. The summed E-state index contributed by atoms with van der Waals surface area (Å²) in [5.41, 5.74) is 0.397. The molecular formula is C18H32IN5O3. The molecule has 0 spiro atoms. The summed E-state index contributed by atoms with van der Waals surface area (Å²) in [5.74, 6) is 2.23. The fourth-order valence-corrected chi connectivity index (χ4v) is 2.72. The maximum absolute atomic E-state index is 11.9. The second kappa shape index (κ2) is 10.1. The largest absolute Gasteiger partial charge is 0.444 e. The van der Waals surface area contributed by atoms with E-state index < -0.39 is 5.60 Å². The van der Waals surface area contributed by atoms with Crippen molar-refractivity contribution < 1.29 is 13.9 Å². The third-order valence-corrected chi connectivity index (χ3v) is 3.98. The predicted octanol–water partition coefficient (Wildman–Crippen LogP) is 2.97. The summed E-state index contributed by atoms with van der Waals surface area (Å²) in [6.07, 6.45) is 0.470. The maximum atomic E-state index is 11.9. The minimum absolute atomic E-state index is 0. The summed E-state index contributed by atoms with van der Waals surface area (Å²) in [6, 6.07) is 0.0416. The van der Waals surface area contributed by atoms with Crippen molar-refractivity contribution in [2.24, 2.45) is 4.99 Å². The number of oxazole rings is 1. The summed E-state index contributed by atoms with van der Waals surface area (Å²) < 4.78 is 10.9. The lowest BCUT2D eigenvalue weighted by Crippen LogP contribution is -2.44. The Morgan fingerprint density at radius 3 is 2.67 bits per heavy atom. The Balaban J connectivity index is 0.00000364. The molecule has 2 heterocycles. The van der Waals surface area contributed by atoms with Gasteiger partial charge in [-0.05, 0) is 48.0 Å². The average Bonchev–Trinajstić information content (AvgIpc) is 3.09. The highest BCUT2D eigenvalue weighted by Crippen LogP contribution is 2.13. The van der Waals surface area contributed by atoms with Crippen molar-refractivity contribution in [3.63, 3.8) is 0 Å². The number of nitrogens with zero attached hydrogens (tertiary/aromatic N) is 3. The van der Waals surface area contributed by atoms with E-state index in [1.54, 1.807) is 0 Å². The Morgan fingerprint density at radius 1 is 1.41 bits per heavy atom. The zero-order chi connectivity index (χ0) is 19.3. The van der Waals surface area contributed by atoms with Crippen LogP contribution in [0, 0.1) is 13.8 Å². The van der Waals surface area contributed by atoms with Gasteiger partial charge in [-0.15, -0.1) is 24.0 Å². The van der Waals surface area contributed by atoms with E-state index >= 15 is 0 Å². The number of aliphatic imine (C=N–C) groups is 1. The minimum atomic E-state index is -0.495. The SMILES string of the molecule is CCNC(=NCc1nc(C)c(C)o1)N1CCC(NC(=O)OC(C)(C)C)C1.I. The van der Waals surface area contributed by atoms with E-state index in [1.807, 2.05) is 41.5 Å². The second-order valence-electron chi connectivity index (χ2n) is 7.50. The molecule has 0 bridgehead atoms. The lowest BCUT2D eigenvalue weighted by molar-refractivity contribution is 0.0507. The van der Waals surface area contributed by atoms with Gasteiger partial charge in [0.05, 0.1) is 11.7 Å². The van der Waals surface area contributed by atoms with E-state index in [4.69, 9.17) is 9.15 Å². The average molecular weight is 493 g/mol. The lowest BCUT2D eigenvalue weighted by Gasteiger charge is -2.23. The molecule has 1 unspecified atom stereocenters. The number of hydrogen-bond donors (Lipinski definition) is 2. The van der Waals surface area contributed by atoms with Gasteiger partial charge in [0.1, 0.15) is 17.9 Å². The fourth-order valence-electron chi connectivity index (χ4n) is 2.72. The van der Waals surface area contributed by atoms with Crippen LogP contribution in [-0.2, 0) is 11.3 Å². The molecular weight excluding hydrogens is 461 g/mol. The summed E-state index contributed by atoms with van der Waals surface area (Å²) in [6.45, 7) is 14.1. The molecule has 1 aliphatic heterocycles. The third kappa shape index (κ3) is 7.55. The van der Waals surface area contributed by atoms with Gasteiger partial charge in [0.2, 0.25) is 5.89 Å². The number of hydrogen-bond acceptors (Lipinski definition) is 5. The highest BCUT2D eigenvalue weighted by Gasteiger charge is 2.27. The molecule has 1 atom stereocenters. The molecule has 9 heteroatoms. The molecule has 1 saturated heterocycles. The molecule has 0 radical (unpaired) electrons. The number of nitrogens with one attached hydrogen (secondary N) is 2. The van der Waals surface area contributed by atoms with Gasteiger partial charge in [0.15, 0.2) is 5.96 Å². The highest BCUT2D eigenvalue weighted by molar-refractivity contribution is 14.0. The van der Waals surface area contributed by atoms with E-state index in [2.05, 4.69) is 25.5 Å². The lowest BCUT2D eigenvalue weighted by atomic mass is 10.2. The zero-order valence-electron chi connectivity index (χ0n) is 17.1. The molecule has 0 saturated carbocycles. The van der Waals surface area contributed by atoms with Crippen LogP contribution in [0.2, 0.25) is 0 Å². The van der Waals surface area contributed by atoms with Crippen molar-refractivity contribution >= 4 is 36.0 Å². The quantitative estimate of drug-likeness (QED) is 0.381. The van der Waals surface area contributed by atoms with Crippen LogP contribution in [0.25, 0.3) is 0 Å². The number of halogens is 1. The predicted molar refractivity (Wildman–Crippen MR) is 116 cm³/mol. The van der Waals surface area contributed by atoms with Crippen LogP contribution in [0.5, 0.6) is 0 Å². The number of rotatable bonds is 4. The van der Waals surface area contributed by atoms with Crippen LogP contribution >= 0.6 is 24.0 Å². The number of guanidine groups is 1. The summed E-state index contributed by atoms with van der Waals surface area (Å²) in [4.78, 5) is 23.1. The van der Waals surface area contributed by atoms with Gasteiger partial charge in [0, 0.05) is 19.6 Å².